The van der Waals surface area contributed by atoms with Gasteiger partial charge in [-0.2, -0.15) is 4.72 Å². The van der Waals surface area contributed by atoms with Crippen LogP contribution >= 0.6 is 0 Å². The van der Waals surface area contributed by atoms with Crippen LogP contribution in [0.4, 0.5) is 5.69 Å². The first-order valence-electron chi connectivity index (χ1n) is 8.75. The van der Waals surface area contributed by atoms with Crippen molar-refractivity contribution < 1.29 is 18.1 Å². The minimum atomic E-state index is -3.98. The topological polar surface area (TPSA) is 98.5 Å². The second-order valence-corrected chi connectivity index (χ2v) is 8.26. The lowest BCUT2D eigenvalue weighted by molar-refractivity contribution is -0.384. The molecule has 0 aromatic heterocycles. The van der Waals surface area contributed by atoms with Crippen LogP contribution in [0.15, 0.2) is 83.8 Å². The number of benzene rings is 3. The van der Waals surface area contributed by atoms with Gasteiger partial charge in [0, 0.05) is 12.1 Å². The molecule has 1 N–H and O–H groups in total. The van der Waals surface area contributed by atoms with E-state index in [2.05, 4.69) is 4.72 Å². The number of hydrogen-bond donors (Lipinski definition) is 1. The molecule has 3 aromatic carbocycles. The number of non-ortho nitro benzene ring substituents is 1. The molecule has 7 nitrogen and oxygen atoms in total. The molecular weight excluding hydrogens is 392 g/mol. The number of nitrogens with one attached hydrogen (secondary N) is 1. The normalized spacial score (nSPS) is 13.4. The molecule has 150 valence electrons. The van der Waals surface area contributed by atoms with Crippen molar-refractivity contribution in [2.45, 2.75) is 17.4 Å². The van der Waals surface area contributed by atoms with E-state index in [0.717, 1.165) is 11.1 Å². The third kappa shape index (κ3) is 4.28. The molecule has 0 amide bonds. The number of nitro benzene ring substituents is 1. The van der Waals surface area contributed by atoms with E-state index in [0.29, 0.717) is 5.75 Å². The lowest BCUT2D eigenvalue weighted by Gasteiger charge is -2.32. The van der Waals surface area contributed by atoms with Gasteiger partial charge in [-0.3, -0.25) is 10.1 Å². The SMILES string of the molecule is COc1ccc([C@](C)(NS(=O)(=O)c2ccc([N+](=O)[O-])cc2)c2ccccc2)cc1. The third-order valence-corrected chi connectivity index (χ3v) is 6.28. The predicted octanol–water partition coefficient (Wildman–Crippen LogP) is 3.85. The summed E-state index contributed by atoms with van der Waals surface area (Å²) in [5.41, 5.74) is 0.212. The zero-order valence-electron chi connectivity index (χ0n) is 15.9. The van der Waals surface area contributed by atoms with Gasteiger partial charge in [-0.1, -0.05) is 42.5 Å². The number of nitrogens with zero attached hydrogens (tertiary/aromatic N) is 1. The fourth-order valence-corrected chi connectivity index (χ4v) is 4.44. The number of nitro groups is 1. The highest BCUT2D eigenvalue weighted by Gasteiger charge is 2.34. The minimum Gasteiger partial charge on any atom is -0.497 e. The largest absolute Gasteiger partial charge is 0.497 e. The first kappa shape index (κ1) is 20.5. The molecule has 0 fully saturated rings. The van der Waals surface area contributed by atoms with E-state index in [1.807, 2.05) is 30.3 Å². The second kappa shape index (κ2) is 8.02. The highest BCUT2D eigenvalue weighted by Crippen LogP contribution is 2.32. The van der Waals surface area contributed by atoms with E-state index in [9.17, 15) is 18.5 Å². The quantitative estimate of drug-likeness (QED) is 0.469. The zero-order chi connectivity index (χ0) is 21.1. The Hall–Kier alpha value is -3.23. The van der Waals surface area contributed by atoms with Gasteiger partial charge in [-0.25, -0.2) is 8.42 Å². The van der Waals surface area contributed by atoms with Crippen LogP contribution in [0.5, 0.6) is 5.75 Å². The smallest absolute Gasteiger partial charge is 0.269 e. The fraction of sp³-hybridized carbons (Fsp3) is 0.143. The van der Waals surface area contributed by atoms with Crippen LogP contribution in [0.1, 0.15) is 18.1 Å². The van der Waals surface area contributed by atoms with Crippen molar-refractivity contribution >= 4 is 15.7 Å². The fourth-order valence-electron chi connectivity index (χ4n) is 3.06. The van der Waals surface area contributed by atoms with E-state index in [-0.39, 0.29) is 10.6 Å². The molecule has 3 rings (SSSR count). The number of hydrogen-bond acceptors (Lipinski definition) is 5. The molecule has 0 heterocycles. The molecule has 0 spiro atoms. The van der Waals surface area contributed by atoms with Gasteiger partial charge in [0.25, 0.3) is 5.69 Å². The van der Waals surface area contributed by atoms with Crippen molar-refractivity contribution in [1.29, 1.82) is 0 Å². The van der Waals surface area contributed by atoms with Gasteiger partial charge in [0.2, 0.25) is 10.0 Å². The summed E-state index contributed by atoms with van der Waals surface area (Å²) in [6.45, 7) is 1.77. The summed E-state index contributed by atoms with van der Waals surface area (Å²) in [5, 5.41) is 10.8. The average molecular weight is 412 g/mol. The molecule has 0 unspecified atom stereocenters. The predicted molar refractivity (Wildman–Crippen MR) is 109 cm³/mol. The molecule has 29 heavy (non-hydrogen) atoms. The van der Waals surface area contributed by atoms with Crippen molar-refractivity contribution in [3.8, 4) is 5.75 Å². The molecule has 0 aliphatic heterocycles. The average Bonchev–Trinajstić information content (AvgIpc) is 2.74. The van der Waals surface area contributed by atoms with Crippen molar-refractivity contribution in [2.24, 2.45) is 0 Å². The molecule has 0 aliphatic carbocycles. The second-order valence-electron chi connectivity index (χ2n) is 6.58. The lowest BCUT2D eigenvalue weighted by atomic mass is 9.86. The number of rotatable bonds is 7. The summed E-state index contributed by atoms with van der Waals surface area (Å²) in [5.74, 6) is 0.655. The Morgan fingerprint density at radius 2 is 1.45 bits per heavy atom. The van der Waals surface area contributed by atoms with Gasteiger partial charge in [-0.15, -0.1) is 0 Å². The first-order chi connectivity index (χ1) is 13.8. The zero-order valence-corrected chi connectivity index (χ0v) is 16.7. The van der Waals surface area contributed by atoms with Crippen molar-refractivity contribution in [1.82, 2.24) is 4.72 Å². The number of ether oxygens (including phenoxy) is 1. The Morgan fingerprint density at radius 3 is 1.97 bits per heavy atom. The van der Waals surface area contributed by atoms with Gasteiger partial charge < -0.3 is 4.74 Å². The maximum atomic E-state index is 13.1. The molecule has 0 saturated heterocycles. The van der Waals surface area contributed by atoms with Crippen molar-refractivity contribution in [3.05, 3.63) is 100 Å². The van der Waals surface area contributed by atoms with Crippen molar-refractivity contribution in [2.75, 3.05) is 7.11 Å². The van der Waals surface area contributed by atoms with E-state index in [1.165, 1.54) is 24.3 Å². The van der Waals surface area contributed by atoms with Gasteiger partial charge in [0.1, 0.15) is 5.75 Å². The van der Waals surface area contributed by atoms with E-state index in [1.54, 1.807) is 38.3 Å². The van der Waals surface area contributed by atoms with Crippen LogP contribution in [0.2, 0.25) is 0 Å². The Labute approximate surface area is 169 Å². The summed E-state index contributed by atoms with van der Waals surface area (Å²) in [4.78, 5) is 10.2. The summed E-state index contributed by atoms with van der Waals surface area (Å²) >= 11 is 0. The van der Waals surface area contributed by atoms with Crippen LogP contribution in [0.25, 0.3) is 0 Å². The first-order valence-corrected chi connectivity index (χ1v) is 10.2. The molecule has 8 heteroatoms. The van der Waals surface area contributed by atoms with Crippen LogP contribution < -0.4 is 9.46 Å². The molecule has 0 saturated carbocycles. The maximum absolute atomic E-state index is 13.1. The highest BCUT2D eigenvalue weighted by molar-refractivity contribution is 7.89. The highest BCUT2D eigenvalue weighted by atomic mass is 32.2. The molecular formula is C21H20N2O5S. The van der Waals surface area contributed by atoms with Gasteiger partial charge >= 0.3 is 0 Å². The van der Waals surface area contributed by atoms with Gasteiger partial charge in [0.15, 0.2) is 0 Å². The van der Waals surface area contributed by atoms with Crippen LogP contribution in [0, 0.1) is 10.1 Å². The van der Waals surface area contributed by atoms with Gasteiger partial charge in [0.05, 0.1) is 22.5 Å². The molecule has 1 atom stereocenters. The Kier molecular flexibility index (Phi) is 5.67. The van der Waals surface area contributed by atoms with Crippen LogP contribution in [-0.4, -0.2) is 20.5 Å². The lowest BCUT2D eigenvalue weighted by Crippen LogP contribution is -2.44. The monoisotopic (exact) mass is 412 g/mol. The molecule has 3 aromatic rings. The summed E-state index contributed by atoms with van der Waals surface area (Å²) in [6, 6.07) is 21.1. The summed E-state index contributed by atoms with van der Waals surface area (Å²) < 4.78 is 34.1. The summed E-state index contributed by atoms with van der Waals surface area (Å²) in [6.07, 6.45) is 0. The number of methoxy groups -OCH3 is 1. The Morgan fingerprint density at radius 1 is 0.897 bits per heavy atom. The van der Waals surface area contributed by atoms with E-state index < -0.39 is 20.5 Å². The Balaban J connectivity index is 2.05. The molecule has 0 aliphatic rings. The Bertz CT molecular complexity index is 1100. The molecule has 0 radical (unpaired) electrons. The minimum absolute atomic E-state index is 0.0567. The van der Waals surface area contributed by atoms with Crippen LogP contribution in [-0.2, 0) is 15.6 Å². The van der Waals surface area contributed by atoms with Gasteiger partial charge in [-0.05, 0) is 42.3 Å². The third-order valence-electron chi connectivity index (χ3n) is 4.71. The maximum Gasteiger partial charge on any atom is 0.269 e. The summed E-state index contributed by atoms with van der Waals surface area (Å²) in [7, 11) is -2.42. The van der Waals surface area contributed by atoms with E-state index in [4.69, 9.17) is 4.74 Å². The van der Waals surface area contributed by atoms with Crippen LogP contribution in [0.3, 0.4) is 0 Å². The standard InChI is InChI=1S/C21H20N2O5S/c1-21(16-6-4-3-5-7-16,17-8-12-19(28-2)13-9-17)22-29(26,27)20-14-10-18(11-15-20)23(24)25/h3-15,22H,1-2H3/t21-/m1/s1. The molecule has 0 bridgehead atoms. The van der Waals surface area contributed by atoms with Crippen molar-refractivity contribution in [3.63, 3.8) is 0 Å². The number of sulfonamides is 1. The van der Waals surface area contributed by atoms with E-state index >= 15 is 0 Å².